The fourth-order valence-corrected chi connectivity index (χ4v) is 12.4. The molecule has 2 fully saturated rings. The summed E-state index contributed by atoms with van der Waals surface area (Å²) >= 11 is 0. The molecular formula is C55H72O7S. The van der Waals surface area contributed by atoms with Gasteiger partial charge in [-0.15, -0.1) is 0 Å². The number of carbonyl (C=O) groups excluding carboxylic acids is 1. The van der Waals surface area contributed by atoms with Gasteiger partial charge >= 0.3 is 10.1 Å². The van der Waals surface area contributed by atoms with Crippen molar-refractivity contribution < 1.29 is 32.3 Å². The Morgan fingerprint density at radius 2 is 0.889 bits per heavy atom. The lowest BCUT2D eigenvalue weighted by Gasteiger charge is -2.36. The monoisotopic (exact) mass is 876 g/mol. The van der Waals surface area contributed by atoms with Crippen LogP contribution in [0.2, 0.25) is 0 Å². The van der Waals surface area contributed by atoms with E-state index in [0.29, 0.717) is 47.9 Å². The third kappa shape index (κ3) is 8.67. The summed E-state index contributed by atoms with van der Waals surface area (Å²) < 4.78 is 42.3. The molecule has 3 aliphatic rings. The van der Waals surface area contributed by atoms with Crippen LogP contribution < -0.4 is 8.92 Å². The summed E-state index contributed by atoms with van der Waals surface area (Å²) in [5.74, 6) is 0.941. The normalized spacial score (nSPS) is 20.2. The highest BCUT2D eigenvalue weighted by molar-refractivity contribution is 7.87. The van der Waals surface area contributed by atoms with E-state index in [9.17, 15) is 23.4 Å². The molecule has 0 radical (unpaired) electrons. The van der Waals surface area contributed by atoms with Crippen molar-refractivity contribution >= 4 is 15.9 Å². The second kappa shape index (κ2) is 15.4. The molecule has 1 unspecified atom stereocenters. The van der Waals surface area contributed by atoms with Gasteiger partial charge in [0.25, 0.3) is 0 Å². The number of Topliss-reactive ketones (excluding diaryl/α,β-unsaturated/α-hetero) is 1. The van der Waals surface area contributed by atoms with Gasteiger partial charge in [-0.1, -0.05) is 145 Å². The quantitative estimate of drug-likeness (QED) is 0.169. The SMILES string of the molecule is COc1c2cc(C(C)(C)C)cc1Cc1cc(C(C)(C)C)cc(c1O)Cc1cc(C(C)(C)C)cc(c1OS(=O)(=O)C[C@@]13CCC(CC1=O)C3(C)C)Cc1cc(C(C)(C)C)cc(c1O)C2. The smallest absolute Gasteiger partial charge is 0.310 e. The average molecular weight is 877 g/mol. The van der Waals surface area contributed by atoms with E-state index in [1.54, 1.807) is 7.11 Å². The predicted molar refractivity (Wildman–Crippen MR) is 255 cm³/mol. The lowest BCUT2D eigenvalue weighted by Crippen LogP contribution is -2.43. The van der Waals surface area contributed by atoms with Gasteiger partial charge in [-0.25, -0.2) is 0 Å². The minimum Gasteiger partial charge on any atom is -0.507 e. The van der Waals surface area contributed by atoms with E-state index in [2.05, 4.69) is 107 Å². The summed E-state index contributed by atoms with van der Waals surface area (Å²) in [6.07, 6.45) is 2.82. The lowest BCUT2D eigenvalue weighted by atomic mass is 9.70. The highest BCUT2D eigenvalue weighted by Crippen LogP contribution is 2.64. The third-order valence-electron chi connectivity index (χ3n) is 15.0. The summed E-state index contributed by atoms with van der Waals surface area (Å²) in [6.45, 7) is 30.0. The fourth-order valence-electron chi connectivity index (χ4n) is 10.6. The Bertz CT molecular complexity index is 2490. The number of rotatable bonds is 5. The molecule has 8 heteroatoms. The van der Waals surface area contributed by atoms with E-state index in [1.807, 2.05) is 38.1 Å². The van der Waals surface area contributed by atoms with Gasteiger partial charge in [0.05, 0.1) is 18.3 Å². The Hall–Kier alpha value is -4.30. The number of benzene rings is 4. The zero-order valence-electron chi connectivity index (χ0n) is 40.7. The standard InChI is InChI=1S/C55H72O7S/c1-50(2,3)41-22-32-18-36-26-43(52(7,8)9)27-37(48(36)61-15)19-33-23-42(51(4,5)6)25-35(47(33)58)21-39-29-44(53(10,11)12)28-38(20-34(24-41)46(32)57)49(39)62-63(59,60)31-55-17-16-40(30-45(55)56)54(55,13)14/h22-29,40,57-58H,16-21,30-31H2,1-15H3/t40?,55-/m0/s1. The highest BCUT2D eigenvalue weighted by Gasteiger charge is 2.65. The van der Waals surface area contributed by atoms with Crippen LogP contribution >= 0.6 is 0 Å². The predicted octanol–water partition coefficient (Wildman–Crippen LogP) is 12.1. The second-order valence-corrected chi connectivity index (χ2v) is 25.5. The van der Waals surface area contributed by atoms with Crippen LogP contribution in [0.3, 0.4) is 0 Å². The van der Waals surface area contributed by atoms with Gasteiger partial charge in [0.2, 0.25) is 0 Å². The maximum atomic E-state index is 14.8. The van der Waals surface area contributed by atoms with E-state index < -0.39 is 26.7 Å². The van der Waals surface area contributed by atoms with Gasteiger partial charge in [0, 0.05) is 43.2 Å². The van der Waals surface area contributed by atoms with Crippen LogP contribution in [0.15, 0.2) is 48.5 Å². The van der Waals surface area contributed by atoms with Crippen molar-refractivity contribution in [1.82, 2.24) is 0 Å². The van der Waals surface area contributed by atoms with Gasteiger partial charge in [-0.05, 0) is 101 Å². The first-order chi connectivity index (χ1) is 28.8. The van der Waals surface area contributed by atoms with Crippen molar-refractivity contribution in [2.45, 2.75) is 164 Å². The first kappa shape index (κ1) is 46.7. The third-order valence-corrected chi connectivity index (χ3v) is 16.3. The maximum Gasteiger partial charge on any atom is 0.310 e. The van der Waals surface area contributed by atoms with Crippen LogP contribution in [-0.2, 0) is 62.3 Å². The molecule has 340 valence electrons. The molecule has 4 aromatic carbocycles. The fraction of sp³-hybridized carbons (Fsp3) is 0.545. The molecule has 7 nitrogen and oxygen atoms in total. The number of hydrogen-bond donors (Lipinski definition) is 2. The number of carbonyl (C=O) groups is 1. The number of phenols is 2. The average Bonchev–Trinajstić information content (AvgIpc) is 3.48. The van der Waals surface area contributed by atoms with Crippen LogP contribution in [0, 0.1) is 16.7 Å². The summed E-state index contributed by atoms with van der Waals surface area (Å²) in [5, 5.41) is 25.0. The van der Waals surface area contributed by atoms with Crippen molar-refractivity contribution in [2.75, 3.05) is 12.9 Å². The molecule has 4 aromatic rings. The van der Waals surface area contributed by atoms with Crippen LogP contribution in [0.1, 0.15) is 183 Å². The molecule has 0 saturated heterocycles. The Balaban J connectivity index is 1.55. The largest absolute Gasteiger partial charge is 0.507 e. The van der Waals surface area contributed by atoms with Crippen molar-refractivity contribution in [1.29, 1.82) is 0 Å². The van der Waals surface area contributed by atoms with Gasteiger partial charge in [0.1, 0.15) is 28.8 Å². The lowest BCUT2D eigenvalue weighted by molar-refractivity contribution is -0.128. The number of ether oxygens (including phenoxy) is 1. The first-order valence-corrected chi connectivity index (χ1v) is 24.4. The molecule has 2 N–H and O–H groups in total. The molecule has 0 aromatic heterocycles. The number of hydrogen-bond acceptors (Lipinski definition) is 7. The zero-order chi connectivity index (χ0) is 46.6. The minimum atomic E-state index is -4.36. The Labute approximate surface area is 378 Å². The van der Waals surface area contributed by atoms with Crippen LogP contribution in [0.25, 0.3) is 0 Å². The highest BCUT2D eigenvalue weighted by atomic mass is 32.2. The summed E-state index contributed by atoms with van der Waals surface area (Å²) in [5.41, 5.74) is 7.37. The number of aromatic hydroxyl groups is 2. The van der Waals surface area contributed by atoms with E-state index in [4.69, 9.17) is 8.92 Å². The van der Waals surface area contributed by atoms with Gasteiger partial charge in [-0.3, -0.25) is 4.79 Å². The van der Waals surface area contributed by atoms with Crippen molar-refractivity contribution in [2.24, 2.45) is 16.7 Å². The molecule has 2 saturated carbocycles. The van der Waals surface area contributed by atoms with E-state index >= 15 is 0 Å². The Morgan fingerprint density at radius 3 is 1.16 bits per heavy atom. The number of fused-ring (bicyclic) bond motifs is 10. The molecule has 3 aliphatic carbocycles. The zero-order valence-corrected chi connectivity index (χ0v) is 41.5. The van der Waals surface area contributed by atoms with Gasteiger partial charge in [-0.2, -0.15) is 8.42 Å². The first-order valence-electron chi connectivity index (χ1n) is 22.9. The summed E-state index contributed by atoms with van der Waals surface area (Å²) in [7, 11) is -2.68. The molecular weight excluding hydrogens is 805 g/mol. The van der Waals surface area contributed by atoms with Crippen LogP contribution in [-0.4, -0.2) is 37.3 Å². The van der Waals surface area contributed by atoms with E-state index in [1.165, 1.54) is 0 Å². The molecule has 0 aliphatic heterocycles. The Morgan fingerprint density at radius 1 is 0.571 bits per heavy atom. The van der Waals surface area contributed by atoms with Crippen molar-refractivity contribution in [3.8, 4) is 23.0 Å². The molecule has 63 heavy (non-hydrogen) atoms. The molecule has 10 bridgehead atoms. The summed E-state index contributed by atoms with van der Waals surface area (Å²) in [4.78, 5) is 13.7. The molecule has 0 spiro atoms. The van der Waals surface area contributed by atoms with Gasteiger partial charge < -0.3 is 19.1 Å². The number of ketones is 1. The topological polar surface area (TPSA) is 110 Å². The van der Waals surface area contributed by atoms with E-state index in [-0.39, 0.29) is 63.5 Å². The maximum absolute atomic E-state index is 14.8. The summed E-state index contributed by atoms with van der Waals surface area (Å²) in [6, 6.07) is 16.7. The molecule has 2 atom stereocenters. The molecule has 7 rings (SSSR count). The number of phenolic OH excluding ortho intramolecular Hbond substituents is 2. The Kier molecular flexibility index (Phi) is 11.4. The van der Waals surface area contributed by atoms with Gasteiger partial charge in [0.15, 0.2) is 0 Å². The van der Waals surface area contributed by atoms with Crippen LogP contribution in [0.5, 0.6) is 23.0 Å². The molecule has 0 heterocycles. The van der Waals surface area contributed by atoms with Crippen molar-refractivity contribution in [3.63, 3.8) is 0 Å². The minimum absolute atomic E-state index is 0.00452. The van der Waals surface area contributed by atoms with E-state index in [0.717, 1.165) is 56.7 Å². The number of methoxy groups -OCH3 is 1. The second-order valence-electron chi connectivity index (χ2n) is 23.9. The molecule has 0 amide bonds. The van der Waals surface area contributed by atoms with Crippen LogP contribution in [0.4, 0.5) is 0 Å². The van der Waals surface area contributed by atoms with Crippen molar-refractivity contribution in [3.05, 3.63) is 115 Å².